The van der Waals surface area contributed by atoms with Gasteiger partial charge in [0.25, 0.3) is 5.91 Å². The van der Waals surface area contributed by atoms with Crippen molar-refractivity contribution >= 4 is 15.9 Å². The quantitative estimate of drug-likeness (QED) is 0.799. The topological polar surface area (TPSA) is 88.8 Å². The van der Waals surface area contributed by atoms with Crippen LogP contribution in [0.1, 0.15) is 34.7 Å². The number of nitrogens with one attached hydrogen (secondary N) is 1. The van der Waals surface area contributed by atoms with Gasteiger partial charge >= 0.3 is 0 Å². The summed E-state index contributed by atoms with van der Waals surface area (Å²) in [6, 6.07) is 8.02. The summed E-state index contributed by atoms with van der Waals surface area (Å²) in [6.45, 7) is 2.12. The number of hydrogen-bond donors (Lipinski definition) is 1. The molecule has 1 aromatic carbocycles. The Kier molecular flexibility index (Phi) is 5.06. The minimum Gasteiger partial charge on any atom is -0.495 e. The summed E-state index contributed by atoms with van der Waals surface area (Å²) < 4.78 is 38.4. The second-order valence-corrected chi connectivity index (χ2v) is 8.12. The molecule has 3 rings (SSSR count). The number of nitrogens with zero attached hydrogens (tertiary/aromatic N) is 1. The van der Waals surface area contributed by atoms with E-state index in [1.54, 1.807) is 13.1 Å². The van der Waals surface area contributed by atoms with Crippen LogP contribution in [0.2, 0.25) is 0 Å². The first-order valence-corrected chi connectivity index (χ1v) is 9.79. The van der Waals surface area contributed by atoms with Gasteiger partial charge in [-0.15, -0.1) is 0 Å². The Bertz CT molecular complexity index is 915. The molecule has 0 saturated heterocycles. The van der Waals surface area contributed by atoms with E-state index >= 15 is 0 Å². The summed E-state index contributed by atoms with van der Waals surface area (Å²) in [5.41, 5.74) is 0.271. The fourth-order valence-corrected chi connectivity index (χ4v) is 4.10. The second kappa shape index (κ2) is 7.13. The van der Waals surface area contributed by atoms with Crippen LogP contribution >= 0.6 is 0 Å². The Labute approximate surface area is 153 Å². The molecular weight excluding hydrogens is 356 g/mol. The summed E-state index contributed by atoms with van der Waals surface area (Å²) in [5, 5.41) is 0. The fraction of sp³-hybridized carbons (Fsp3) is 0.389. The lowest BCUT2D eigenvalue weighted by molar-refractivity contribution is 0.0774. The van der Waals surface area contributed by atoms with Crippen LogP contribution in [0.3, 0.4) is 0 Å². The number of aryl methyl sites for hydroxylation is 1. The number of ether oxygens (including phenoxy) is 1. The molecule has 7 nitrogen and oxygen atoms in total. The lowest BCUT2D eigenvalue weighted by atomic mass is 10.2. The van der Waals surface area contributed by atoms with E-state index < -0.39 is 10.0 Å². The zero-order valence-corrected chi connectivity index (χ0v) is 15.8. The average Bonchev–Trinajstić information content (AvgIpc) is 3.32. The number of carbonyl (C=O) groups excluding carboxylic acids is 1. The highest BCUT2D eigenvalue weighted by atomic mass is 32.2. The third-order valence-corrected chi connectivity index (χ3v) is 5.68. The molecule has 1 amide bonds. The third kappa shape index (κ3) is 4.08. The number of sulfonamides is 1. The zero-order chi connectivity index (χ0) is 18.9. The van der Waals surface area contributed by atoms with E-state index in [1.165, 1.54) is 24.1 Å². The Hall–Kier alpha value is -2.32. The first-order chi connectivity index (χ1) is 12.3. The SMILES string of the molecule is COc1ccc(C(=O)N(C)Cc2ccc(C)o2)cc1S(=O)(=O)NC1CC1. The summed E-state index contributed by atoms with van der Waals surface area (Å²) in [7, 11) is -0.700. The first-order valence-electron chi connectivity index (χ1n) is 8.31. The Morgan fingerprint density at radius 3 is 2.62 bits per heavy atom. The van der Waals surface area contributed by atoms with E-state index in [2.05, 4.69) is 4.72 Å². The molecule has 1 aliphatic rings. The highest BCUT2D eigenvalue weighted by Crippen LogP contribution is 2.28. The molecule has 26 heavy (non-hydrogen) atoms. The standard InChI is InChI=1S/C18H22N2O5S/c1-12-4-8-15(25-12)11-20(2)18(21)13-5-9-16(24-3)17(10-13)26(22,23)19-14-6-7-14/h4-5,8-10,14,19H,6-7,11H2,1-3H3. The molecular formula is C18H22N2O5S. The van der Waals surface area contributed by atoms with Crippen molar-refractivity contribution in [3.05, 3.63) is 47.4 Å². The van der Waals surface area contributed by atoms with E-state index in [0.717, 1.165) is 18.6 Å². The number of rotatable bonds is 7. The Balaban J connectivity index is 1.85. The van der Waals surface area contributed by atoms with Gasteiger partial charge in [0, 0.05) is 18.7 Å². The summed E-state index contributed by atoms with van der Waals surface area (Å²) in [5.74, 6) is 1.34. The minimum absolute atomic E-state index is 0.0278. The van der Waals surface area contributed by atoms with Crippen molar-refractivity contribution < 1.29 is 22.4 Å². The van der Waals surface area contributed by atoms with E-state index in [1.807, 2.05) is 19.1 Å². The molecule has 1 aromatic heterocycles. The number of hydrogen-bond acceptors (Lipinski definition) is 5. The number of methoxy groups -OCH3 is 1. The number of carbonyl (C=O) groups is 1. The molecule has 1 N–H and O–H groups in total. The smallest absolute Gasteiger partial charge is 0.254 e. The molecule has 1 saturated carbocycles. The van der Waals surface area contributed by atoms with Gasteiger partial charge in [-0.1, -0.05) is 0 Å². The normalized spacial score (nSPS) is 14.3. The van der Waals surface area contributed by atoms with Gasteiger partial charge in [-0.05, 0) is 50.1 Å². The molecule has 0 radical (unpaired) electrons. The van der Waals surface area contributed by atoms with Gasteiger partial charge in [0.15, 0.2) is 0 Å². The molecule has 1 aliphatic carbocycles. The van der Waals surface area contributed by atoms with Gasteiger partial charge in [-0.2, -0.15) is 0 Å². The van der Waals surface area contributed by atoms with Crippen LogP contribution < -0.4 is 9.46 Å². The number of furan rings is 1. The summed E-state index contributed by atoms with van der Waals surface area (Å²) >= 11 is 0. The predicted octanol–water partition coefficient (Wildman–Crippen LogP) is 2.31. The maximum Gasteiger partial charge on any atom is 0.254 e. The van der Waals surface area contributed by atoms with Crippen molar-refractivity contribution in [1.29, 1.82) is 0 Å². The van der Waals surface area contributed by atoms with Crippen LogP contribution in [0.15, 0.2) is 39.6 Å². The lowest BCUT2D eigenvalue weighted by Gasteiger charge is -2.17. The maximum atomic E-state index is 12.7. The predicted molar refractivity (Wildman–Crippen MR) is 95.6 cm³/mol. The van der Waals surface area contributed by atoms with Crippen molar-refractivity contribution in [2.45, 2.75) is 37.2 Å². The summed E-state index contributed by atoms with van der Waals surface area (Å²) in [6.07, 6.45) is 1.65. The van der Waals surface area contributed by atoms with Crippen molar-refractivity contribution in [2.24, 2.45) is 0 Å². The number of amides is 1. The molecule has 1 heterocycles. The van der Waals surface area contributed by atoms with Crippen molar-refractivity contribution in [2.75, 3.05) is 14.2 Å². The van der Waals surface area contributed by atoms with Gasteiger partial charge in [-0.25, -0.2) is 13.1 Å². The van der Waals surface area contributed by atoms with Crippen molar-refractivity contribution in [1.82, 2.24) is 9.62 Å². The molecule has 0 bridgehead atoms. The second-order valence-electron chi connectivity index (χ2n) is 6.43. The van der Waals surface area contributed by atoms with Crippen LogP contribution in [0.25, 0.3) is 0 Å². The largest absolute Gasteiger partial charge is 0.495 e. The molecule has 8 heteroatoms. The lowest BCUT2D eigenvalue weighted by Crippen LogP contribution is -2.28. The van der Waals surface area contributed by atoms with Crippen LogP contribution in [0, 0.1) is 6.92 Å². The third-order valence-electron chi connectivity index (χ3n) is 4.13. The van der Waals surface area contributed by atoms with E-state index in [-0.39, 0.29) is 28.2 Å². The van der Waals surface area contributed by atoms with Crippen LogP contribution in [-0.4, -0.2) is 39.4 Å². The zero-order valence-electron chi connectivity index (χ0n) is 15.0. The van der Waals surface area contributed by atoms with Gasteiger partial charge in [0.05, 0.1) is 13.7 Å². The fourth-order valence-electron chi connectivity index (χ4n) is 2.60. The highest BCUT2D eigenvalue weighted by molar-refractivity contribution is 7.89. The summed E-state index contributed by atoms with van der Waals surface area (Å²) in [4.78, 5) is 14.1. The molecule has 0 aliphatic heterocycles. The molecule has 0 unspecified atom stereocenters. The Morgan fingerprint density at radius 2 is 2.04 bits per heavy atom. The monoisotopic (exact) mass is 378 g/mol. The van der Waals surface area contributed by atoms with Gasteiger partial charge in [0.1, 0.15) is 22.2 Å². The van der Waals surface area contributed by atoms with Gasteiger partial charge < -0.3 is 14.1 Å². The van der Waals surface area contributed by atoms with E-state index in [9.17, 15) is 13.2 Å². The number of benzene rings is 1. The molecule has 0 atom stereocenters. The van der Waals surface area contributed by atoms with Gasteiger partial charge in [0.2, 0.25) is 10.0 Å². The Morgan fingerprint density at radius 1 is 1.31 bits per heavy atom. The highest BCUT2D eigenvalue weighted by Gasteiger charge is 2.30. The van der Waals surface area contributed by atoms with E-state index in [4.69, 9.17) is 9.15 Å². The van der Waals surface area contributed by atoms with E-state index in [0.29, 0.717) is 12.3 Å². The maximum absolute atomic E-state index is 12.7. The minimum atomic E-state index is -3.74. The van der Waals surface area contributed by atoms with Crippen molar-refractivity contribution in [3.63, 3.8) is 0 Å². The van der Waals surface area contributed by atoms with Crippen LogP contribution in [0.4, 0.5) is 0 Å². The van der Waals surface area contributed by atoms with Crippen LogP contribution in [-0.2, 0) is 16.6 Å². The molecule has 140 valence electrons. The first kappa shape index (κ1) is 18.5. The molecule has 1 fully saturated rings. The molecule has 0 spiro atoms. The van der Waals surface area contributed by atoms with Crippen LogP contribution in [0.5, 0.6) is 5.75 Å². The average molecular weight is 378 g/mol. The van der Waals surface area contributed by atoms with Gasteiger partial charge in [-0.3, -0.25) is 4.79 Å². The molecule has 2 aromatic rings. The van der Waals surface area contributed by atoms with Crippen molar-refractivity contribution in [3.8, 4) is 5.75 Å².